The molecule has 0 aliphatic rings. The second kappa shape index (κ2) is 9.32. The minimum Gasteiger partial charge on any atom is -0.450 e. The van der Waals surface area contributed by atoms with E-state index < -0.39 is 6.09 Å². The number of ether oxygens (including phenoxy) is 1. The summed E-state index contributed by atoms with van der Waals surface area (Å²) in [4.78, 5) is 10.2. The largest absolute Gasteiger partial charge is 0.450 e. The van der Waals surface area contributed by atoms with Gasteiger partial charge in [-0.15, -0.1) is 0 Å². The third-order valence-corrected chi connectivity index (χ3v) is 1.74. The van der Waals surface area contributed by atoms with Gasteiger partial charge in [0.1, 0.15) is 0 Å². The van der Waals surface area contributed by atoms with Crippen molar-refractivity contribution in [3.63, 3.8) is 0 Å². The van der Waals surface area contributed by atoms with Crippen LogP contribution in [0.15, 0.2) is 0 Å². The zero-order valence-corrected chi connectivity index (χ0v) is 8.34. The molecule has 1 amide bonds. The molecular weight excluding hydrogens is 168 g/mol. The number of primary amides is 1. The predicted molar refractivity (Wildman–Crippen MR) is 52.5 cm³/mol. The van der Waals surface area contributed by atoms with E-state index in [0.29, 0.717) is 6.61 Å². The van der Waals surface area contributed by atoms with Gasteiger partial charge in [0.2, 0.25) is 0 Å². The van der Waals surface area contributed by atoms with E-state index in [9.17, 15) is 4.79 Å². The van der Waals surface area contributed by atoms with Gasteiger partial charge in [-0.1, -0.05) is 19.8 Å². The van der Waals surface area contributed by atoms with Gasteiger partial charge in [-0.25, -0.2) is 4.79 Å². The summed E-state index contributed by atoms with van der Waals surface area (Å²) in [5, 5.41) is 3.25. The van der Waals surface area contributed by atoms with E-state index in [2.05, 4.69) is 17.0 Å². The summed E-state index contributed by atoms with van der Waals surface area (Å²) in [6, 6.07) is 0. The fourth-order valence-corrected chi connectivity index (χ4v) is 1.06. The number of nitrogens with two attached hydrogens (primary N) is 1. The molecule has 0 fully saturated rings. The van der Waals surface area contributed by atoms with Crippen LogP contribution in [-0.4, -0.2) is 25.8 Å². The van der Waals surface area contributed by atoms with E-state index in [0.717, 1.165) is 25.9 Å². The monoisotopic (exact) mass is 188 g/mol. The second-order valence-electron chi connectivity index (χ2n) is 2.94. The zero-order valence-electron chi connectivity index (χ0n) is 8.34. The van der Waals surface area contributed by atoms with Crippen LogP contribution >= 0.6 is 0 Å². The highest BCUT2D eigenvalue weighted by Gasteiger charge is 1.93. The number of amides is 1. The molecule has 0 unspecified atom stereocenters. The van der Waals surface area contributed by atoms with Crippen molar-refractivity contribution < 1.29 is 9.53 Å². The Hall–Kier alpha value is -0.770. The fourth-order valence-electron chi connectivity index (χ4n) is 1.06. The van der Waals surface area contributed by atoms with Gasteiger partial charge in [-0.3, -0.25) is 0 Å². The van der Waals surface area contributed by atoms with Gasteiger partial charge in [0.05, 0.1) is 6.61 Å². The molecule has 78 valence electrons. The first-order chi connectivity index (χ1) is 6.27. The molecule has 0 saturated heterocycles. The summed E-state index contributed by atoms with van der Waals surface area (Å²) in [6.45, 7) is 4.66. The summed E-state index contributed by atoms with van der Waals surface area (Å²) in [7, 11) is 0. The van der Waals surface area contributed by atoms with Crippen molar-refractivity contribution in [1.29, 1.82) is 0 Å². The molecule has 0 rings (SSSR count). The van der Waals surface area contributed by atoms with Crippen LogP contribution in [0, 0.1) is 0 Å². The van der Waals surface area contributed by atoms with Crippen molar-refractivity contribution in [2.24, 2.45) is 5.73 Å². The van der Waals surface area contributed by atoms with E-state index >= 15 is 0 Å². The number of carbonyl (C=O) groups is 1. The molecule has 0 heterocycles. The predicted octanol–water partition coefficient (Wildman–Crippen LogP) is 1.25. The van der Waals surface area contributed by atoms with Gasteiger partial charge in [0, 0.05) is 0 Å². The van der Waals surface area contributed by atoms with Gasteiger partial charge in [0.15, 0.2) is 0 Å². The Morgan fingerprint density at radius 1 is 1.31 bits per heavy atom. The highest BCUT2D eigenvalue weighted by atomic mass is 16.5. The van der Waals surface area contributed by atoms with Gasteiger partial charge in [0.25, 0.3) is 0 Å². The highest BCUT2D eigenvalue weighted by molar-refractivity contribution is 5.64. The lowest BCUT2D eigenvalue weighted by molar-refractivity contribution is 0.154. The smallest absolute Gasteiger partial charge is 0.404 e. The van der Waals surface area contributed by atoms with E-state index in [1.54, 1.807) is 0 Å². The number of unbranched alkanes of at least 4 members (excludes halogenated alkanes) is 3. The topological polar surface area (TPSA) is 64.3 Å². The van der Waals surface area contributed by atoms with E-state index in [1.165, 1.54) is 12.8 Å². The Morgan fingerprint density at radius 2 is 2.00 bits per heavy atom. The maximum Gasteiger partial charge on any atom is 0.404 e. The molecule has 3 N–H and O–H groups in total. The second-order valence-corrected chi connectivity index (χ2v) is 2.94. The molecule has 13 heavy (non-hydrogen) atoms. The number of carbonyl (C=O) groups excluding carboxylic acids is 1. The summed E-state index contributed by atoms with van der Waals surface area (Å²) >= 11 is 0. The quantitative estimate of drug-likeness (QED) is 0.563. The van der Waals surface area contributed by atoms with Crippen molar-refractivity contribution in [3.05, 3.63) is 0 Å². The Kier molecular flexibility index (Phi) is 8.77. The standard InChI is InChI=1S/C9H20N2O2/c1-2-11-7-5-3-4-6-8-13-9(10)12/h11H,2-8H2,1H3,(H2,10,12). The van der Waals surface area contributed by atoms with Crippen molar-refractivity contribution in [2.45, 2.75) is 32.6 Å². The molecule has 0 spiro atoms. The van der Waals surface area contributed by atoms with Gasteiger partial charge >= 0.3 is 6.09 Å². The molecule has 0 bridgehead atoms. The average molecular weight is 188 g/mol. The maximum absolute atomic E-state index is 10.2. The molecule has 0 saturated carbocycles. The summed E-state index contributed by atoms with van der Waals surface area (Å²) in [5.41, 5.74) is 4.80. The van der Waals surface area contributed by atoms with Crippen LogP contribution in [0.1, 0.15) is 32.6 Å². The molecule has 4 nitrogen and oxygen atoms in total. The summed E-state index contributed by atoms with van der Waals surface area (Å²) in [6.07, 6.45) is 3.69. The van der Waals surface area contributed by atoms with Crippen LogP contribution in [0.4, 0.5) is 4.79 Å². The lowest BCUT2D eigenvalue weighted by Crippen LogP contribution is -2.14. The maximum atomic E-state index is 10.2. The Morgan fingerprint density at radius 3 is 2.62 bits per heavy atom. The zero-order chi connectivity index (χ0) is 9.94. The van der Waals surface area contributed by atoms with E-state index in [-0.39, 0.29) is 0 Å². The van der Waals surface area contributed by atoms with Crippen LogP contribution in [0.5, 0.6) is 0 Å². The van der Waals surface area contributed by atoms with Crippen LogP contribution in [0.3, 0.4) is 0 Å². The average Bonchev–Trinajstić information content (AvgIpc) is 2.09. The van der Waals surface area contributed by atoms with Crippen molar-refractivity contribution in [3.8, 4) is 0 Å². The Balaban J connectivity index is 2.87. The van der Waals surface area contributed by atoms with Gasteiger partial charge < -0.3 is 15.8 Å². The van der Waals surface area contributed by atoms with Crippen LogP contribution in [0.25, 0.3) is 0 Å². The SMILES string of the molecule is CCNCCCCCCOC(N)=O. The minimum atomic E-state index is -0.673. The van der Waals surface area contributed by atoms with Gasteiger partial charge in [-0.05, 0) is 25.9 Å². The fraction of sp³-hybridized carbons (Fsp3) is 0.889. The summed E-state index contributed by atoms with van der Waals surface area (Å²) < 4.78 is 4.59. The highest BCUT2D eigenvalue weighted by Crippen LogP contribution is 1.98. The first kappa shape index (κ1) is 12.2. The normalized spacial score (nSPS) is 9.92. The first-order valence-corrected chi connectivity index (χ1v) is 4.90. The minimum absolute atomic E-state index is 0.455. The molecule has 4 heteroatoms. The van der Waals surface area contributed by atoms with E-state index in [1.807, 2.05) is 0 Å². The van der Waals surface area contributed by atoms with Crippen molar-refractivity contribution >= 4 is 6.09 Å². The molecule has 0 aromatic heterocycles. The van der Waals surface area contributed by atoms with Crippen LogP contribution in [0.2, 0.25) is 0 Å². The number of hydrogen-bond donors (Lipinski definition) is 2. The van der Waals surface area contributed by atoms with Crippen LogP contribution < -0.4 is 11.1 Å². The van der Waals surface area contributed by atoms with E-state index in [4.69, 9.17) is 5.73 Å². The third-order valence-electron chi connectivity index (χ3n) is 1.74. The molecule has 0 aliphatic carbocycles. The number of nitrogens with one attached hydrogen (secondary N) is 1. The summed E-state index contributed by atoms with van der Waals surface area (Å²) in [5.74, 6) is 0. The molecular formula is C9H20N2O2. The Bertz CT molecular complexity index is 129. The Labute approximate surface area is 79.8 Å². The van der Waals surface area contributed by atoms with Gasteiger partial charge in [-0.2, -0.15) is 0 Å². The lowest BCUT2D eigenvalue weighted by Gasteiger charge is -2.02. The first-order valence-electron chi connectivity index (χ1n) is 4.90. The molecule has 0 aromatic carbocycles. The molecule has 0 aromatic rings. The van der Waals surface area contributed by atoms with Crippen molar-refractivity contribution in [2.75, 3.05) is 19.7 Å². The lowest BCUT2D eigenvalue weighted by atomic mass is 10.2. The van der Waals surface area contributed by atoms with Crippen LogP contribution in [-0.2, 0) is 4.74 Å². The molecule has 0 aliphatic heterocycles. The molecule has 0 radical (unpaired) electrons. The number of hydrogen-bond acceptors (Lipinski definition) is 3. The van der Waals surface area contributed by atoms with Crippen molar-refractivity contribution in [1.82, 2.24) is 5.32 Å². The number of rotatable bonds is 8. The molecule has 0 atom stereocenters. The third kappa shape index (κ3) is 11.2.